The van der Waals surface area contributed by atoms with Crippen LogP contribution in [0.2, 0.25) is 0 Å². The maximum atomic E-state index is 12.8. The van der Waals surface area contributed by atoms with Crippen molar-refractivity contribution < 1.29 is 19.2 Å². The third-order valence-electron chi connectivity index (χ3n) is 4.93. The number of carbonyl (C=O) groups is 1. The van der Waals surface area contributed by atoms with Gasteiger partial charge in [-0.2, -0.15) is 0 Å². The Hall–Kier alpha value is -2.31. The fourth-order valence-electron chi connectivity index (χ4n) is 3.59. The van der Waals surface area contributed by atoms with Gasteiger partial charge in [-0.1, -0.05) is 26.2 Å². The van der Waals surface area contributed by atoms with Gasteiger partial charge in [0.15, 0.2) is 11.5 Å². The molecule has 0 radical (unpaired) electrons. The smallest absolute Gasteiger partial charge is 0.286 e. The van der Waals surface area contributed by atoms with Crippen LogP contribution in [0.4, 0.5) is 5.69 Å². The van der Waals surface area contributed by atoms with Crippen LogP contribution in [0.1, 0.15) is 62.7 Å². The summed E-state index contributed by atoms with van der Waals surface area (Å²) in [6.07, 6.45) is 6.43. The number of nitro benzene ring substituents is 1. The minimum Gasteiger partial charge on any atom is -0.493 e. The fourth-order valence-corrected chi connectivity index (χ4v) is 3.59. The van der Waals surface area contributed by atoms with Crippen LogP contribution in [-0.4, -0.2) is 30.6 Å². The van der Waals surface area contributed by atoms with E-state index in [1.807, 2.05) is 0 Å². The Morgan fingerprint density at radius 2 is 2.08 bits per heavy atom. The van der Waals surface area contributed by atoms with Crippen LogP contribution in [0, 0.1) is 16.0 Å². The molecule has 7 nitrogen and oxygen atoms in total. The summed E-state index contributed by atoms with van der Waals surface area (Å²) in [7, 11) is 1.41. The molecule has 0 aromatic heterocycles. The second kappa shape index (κ2) is 9.40. The van der Waals surface area contributed by atoms with Gasteiger partial charge in [-0.3, -0.25) is 14.9 Å². The lowest BCUT2D eigenvalue weighted by Crippen LogP contribution is -2.37. The zero-order valence-electron chi connectivity index (χ0n) is 15.7. The van der Waals surface area contributed by atoms with E-state index >= 15 is 0 Å². The largest absolute Gasteiger partial charge is 0.493 e. The van der Waals surface area contributed by atoms with Crippen molar-refractivity contribution in [2.45, 2.75) is 58.4 Å². The normalized spacial score (nSPS) is 19.2. The second-order valence-electron chi connectivity index (χ2n) is 6.62. The predicted octanol–water partition coefficient (Wildman–Crippen LogP) is 4.09. The summed E-state index contributed by atoms with van der Waals surface area (Å²) < 4.78 is 10.6. The van der Waals surface area contributed by atoms with Crippen LogP contribution in [0.3, 0.4) is 0 Å². The van der Waals surface area contributed by atoms with E-state index in [4.69, 9.17) is 9.47 Å². The number of nitro groups is 1. The molecule has 1 fully saturated rings. The molecular formula is C19H28N2O5. The average Bonchev–Trinajstić information content (AvgIpc) is 3.06. The van der Waals surface area contributed by atoms with E-state index in [9.17, 15) is 14.9 Å². The first-order valence-corrected chi connectivity index (χ1v) is 9.31. The minimum atomic E-state index is -0.559. The van der Waals surface area contributed by atoms with Crippen molar-refractivity contribution >= 4 is 11.6 Å². The van der Waals surface area contributed by atoms with Crippen LogP contribution in [0.5, 0.6) is 11.5 Å². The van der Waals surface area contributed by atoms with Crippen LogP contribution >= 0.6 is 0 Å². The SMILES string of the molecule is CCCC[C@H]1CCC[C@@H]1NC(=O)c1cc(OCC)c(OC)cc1[N+](=O)[O-]. The summed E-state index contributed by atoms with van der Waals surface area (Å²) in [4.78, 5) is 23.7. The van der Waals surface area contributed by atoms with Crippen molar-refractivity contribution in [3.8, 4) is 11.5 Å². The van der Waals surface area contributed by atoms with E-state index < -0.39 is 10.8 Å². The van der Waals surface area contributed by atoms with E-state index in [1.54, 1.807) is 6.92 Å². The summed E-state index contributed by atoms with van der Waals surface area (Å²) in [5.41, 5.74) is -0.258. The quantitative estimate of drug-likeness (QED) is 0.526. The predicted molar refractivity (Wildman–Crippen MR) is 98.9 cm³/mol. The Kier molecular flexibility index (Phi) is 7.24. The molecule has 1 saturated carbocycles. The number of amides is 1. The molecule has 26 heavy (non-hydrogen) atoms. The highest BCUT2D eigenvalue weighted by molar-refractivity contribution is 5.99. The molecular weight excluding hydrogens is 336 g/mol. The average molecular weight is 364 g/mol. The van der Waals surface area contributed by atoms with Gasteiger partial charge in [0.25, 0.3) is 11.6 Å². The zero-order chi connectivity index (χ0) is 19.1. The summed E-state index contributed by atoms with van der Waals surface area (Å²) >= 11 is 0. The van der Waals surface area contributed by atoms with E-state index in [-0.39, 0.29) is 23.0 Å². The Morgan fingerprint density at radius 3 is 2.69 bits per heavy atom. The van der Waals surface area contributed by atoms with Gasteiger partial charge in [0, 0.05) is 12.1 Å². The van der Waals surface area contributed by atoms with Crippen LogP contribution in [-0.2, 0) is 0 Å². The third kappa shape index (κ3) is 4.65. The van der Waals surface area contributed by atoms with Crippen molar-refractivity contribution in [1.82, 2.24) is 5.32 Å². The molecule has 1 aromatic carbocycles. The molecule has 1 N–H and O–H groups in total. The number of unbranched alkanes of at least 4 members (excludes halogenated alkanes) is 1. The Morgan fingerprint density at radius 1 is 1.31 bits per heavy atom. The van der Waals surface area contributed by atoms with Crippen molar-refractivity contribution in [3.63, 3.8) is 0 Å². The first kappa shape index (κ1) is 20.0. The molecule has 1 aromatic rings. The fraction of sp³-hybridized carbons (Fsp3) is 0.632. The molecule has 144 valence electrons. The molecule has 0 spiro atoms. The van der Waals surface area contributed by atoms with Gasteiger partial charge in [0.1, 0.15) is 5.56 Å². The molecule has 0 aliphatic heterocycles. The molecule has 2 atom stereocenters. The maximum absolute atomic E-state index is 12.8. The van der Waals surface area contributed by atoms with Crippen molar-refractivity contribution in [1.29, 1.82) is 0 Å². The standard InChI is InChI=1S/C19H28N2O5/c1-4-6-8-13-9-7-10-15(13)20-19(22)14-11-18(26-5-2)17(25-3)12-16(14)21(23)24/h11-13,15H,4-10H2,1-3H3,(H,20,22)/t13-,15-/m0/s1. The lowest BCUT2D eigenvalue weighted by Gasteiger charge is -2.21. The van der Waals surface area contributed by atoms with Crippen LogP contribution in [0.25, 0.3) is 0 Å². The highest BCUT2D eigenvalue weighted by Crippen LogP contribution is 2.35. The van der Waals surface area contributed by atoms with Crippen molar-refractivity contribution in [2.75, 3.05) is 13.7 Å². The van der Waals surface area contributed by atoms with Crippen LogP contribution in [0.15, 0.2) is 12.1 Å². The van der Waals surface area contributed by atoms with Gasteiger partial charge in [0.2, 0.25) is 0 Å². The van der Waals surface area contributed by atoms with E-state index in [2.05, 4.69) is 12.2 Å². The van der Waals surface area contributed by atoms with E-state index in [0.717, 1.165) is 38.5 Å². The number of rotatable bonds is 9. The molecule has 1 aliphatic rings. The number of carbonyl (C=O) groups excluding carboxylic acids is 1. The van der Waals surface area contributed by atoms with Gasteiger partial charge in [-0.05, 0) is 32.1 Å². The number of hydrogen-bond donors (Lipinski definition) is 1. The van der Waals surface area contributed by atoms with Gasteiger partial charge in [0.05, 0.1) is 24.7 Å². The lowest BCUT2D eigenvalue weighted by atomic mass is 9.96. The number of nitrogens with zero attached hydrogens (tertiary/aromatic N) is 1. The molecule has 1 amide bonds. The van der Waals surface area contributed by atoms with E-state index in [1.165, 1.54) is 19.2 Å². The molecule has 7 heteroatoms. The van der Waals surface area contributed by atoms with Gasteiger partial charge >= 0.3 is 0 Å². The van der Waals surface area contributed by atoms with Crippen molar-refractivity contribution in [3.05, 3.63) is 27.8 Å². The Labute approximate surface area is 154 Å². The molecule has 0 heterocycles. The molecule has 2 rings (SSSR count). The second-order valence-corrected chi connectivity index (χ2v) is 6.62. The number of benzene rings is 1. The zero-order valence-corrected chi connectivity index (χ0v) is 15.7. The number of hydrogen-bond acceptors (Lipinski definition) is 5. The maximum Gasteiger partial charge on any atom is 0.286 e. The molecule has 0 unspecified atom stereocenters. The van der Waals surface area contributed by atoms with Crippen molar-refractivity contribution in [2.24, 2.45) is 5.92 Å². The number of methoxy groups -OCH3 is 1. The minimum absolute atomic E-state index is 0.0143. The molecule has 0 saturated heterocycles. The highest BCUT2D eigenvalue weighted by Gasteiger charge is 2.31. The third-order valence-corrected chi connectivity index (χ3v) is 4.93. The van der Waals surface area contributed by atoms with E-state index in [0.29, 0.717) is 18.3 Å². The monoisotopic (exact) mass is 364 g/mol. The summed E-state index contributed by atoms with van der Waals surface area (Å²) in [6.45, 7) is 4.33. The number of nitrogens with one attached hydrogen (secondary N) is 1. The lowest BCUT2D eigenvalue weighted by molar-refractivity contribution is -0.385. The Bertz CT molecular complexity index is 647. The van der Waals surface area contributed by atoms with Gasteiger partial charge in [-0.25, -0.2) is 0 Å². The Balaban J connectivity index is 2.26. The van der Waals surface area contributed by atoms with Crippen LogP contribution < -0.4 is 14.8 Å². The summed E-state index contributed by atoms with van der Waals surface area (Å²) in [5, 5.41) is 14.5. The molecule has 1 aliphatic carbocycles. The first-order chi connectivity index (χ1) is 12.5. The summed E-state index contributed by atoms with van der Waals surface area (Å²) in [5.74, 6) is 0.604. The highest BCUT2D eigenvalue weighted by atomic mass is 16.6. The van der Waals surface area contributed by atoms with Gasteiger partial charge < -0.3 is 14.8 Å². The topological polar surface area (TPSA) is 90.7 Å². The van der Waals surface area contributed by atoms with Gasteiger partial charge in [-0.15, -0.1) is 0 Å². The number of ether oxygens (including phenoxy) is 2. The summed E-state index contributed by atoms with van der Waals surface area (Å²) in [6, 6.07) is 2.74. The first-order valence-electron chi connectivity index (χ1n) is 9.31. The molecule has 0 bridgehead atoms.